The van der Waals surface area contributed by atoms with Crippen LogP contribution in [0.5, 0.6) is 0 Å². The smallest absolute Gasteiger partial charge is 0.0401 e. The van der Waals surface area contributed by atoms with Crippen LogP contribution in [-0.2, 0) is 0 Å². The van der Waals surface area contributed by atoms with E-state index < -0.39 is 0 Å². The van der Waals surface area contributed by atoms with Gasteiger partial charge in [0.15, 0.2) is 0 Å². The molecule has 2 heterocycles. The highest BCUT2D eigenvalue weighted by molar-refractivity contribution is 7.10. The van der Waals surface area contributed by atoms with Crippen LogP contribution in [0.2, 0.25) is 0 Å². The molecule has 2 rings (SSSR count). The Kier molecular flexibility index (Phi) is 8.42. The molecule has 0 bridgehead atoms. The quantitative estimate of drug-likeness (QED) is 0.920. The molecular formula is C11H20Cl2N2S. The van der Waals surface area contributed by atoms with Gasteiger partial charge in [0.1, 0.15) is 0 Å². The molecule has 0 saturated carbocycles. The van der Waals surface area contributed by atoms with Crippen LogP contribution in [0, 0.1) is 0 Å². The predicted molar refractivity (Wildman–Crippen MR) is 76.0 cm³/mol. The van der Waals surface area contributed by atoms with Crippen molar-refractivity contribution < 1.29 is 0 Å². The van der Waals surface area contributed by atoms with Crippen molar-refractivity contribution >= 4 is 36.2 Å². The Morgan fingerprint density at radius 3 is 2.56 bits per heavy atom. The maximum absolute atomic E-state index is 6.10. The number of hydrogen-bond donors (Lipinski definition) is 1. The monoisotopic (exact) mass is 282 g/mol. The molecule has 1 aliphatic rings. The molecule has 1 fully saturated rings. The Hall–Kier alpha value is 0.200. The highest BCUT2D eigenvalue weighted by atomic mass is 35.5. The van der Waals surface area contributed by atoms with Crippen molar-refractivity contribution in [1.29, 1.82) is 0 Å². The minimum Gasteiger partial charge on any atom is -0.323 e. The molecule has 1 unspecified atom stereocenters. The van der Waals surface area contributed by atoms with Gasteiger partial charge >= 0.3 is 0 Å². The lowest BCUT2D eigenvalue weighted by atomic mass is 10.2. The molecule has 2 N–H and O–H groups in total. The summed E-state index contributed by atoms with van der Waals surface area (Å²) in [7, 11) is 0. The summed E-state index contributed by atoms with van der Waals surface area (Å²) in [6, 6.07) is 4.46. The molecule has 0 spiro atoms. The number of halogens is 2. The van der Waals surface area contributed by atoms with E-state index in [4.69, 9.17) is 5.73 Å². The third kappa shape index (κ3) is 4.60. The minimum atomic E-state index is 0. The van der Waals surface area contributed by atoms with Crippen molar-refractivity contribution in [3.05, 3.63) is 22.4 Å². The molecule has 2 nitrogen and oxygen atoms in total. The second-order valence-corrected chi connectivity index (χ2v) is 4.94. The average Bonchev–Trinajstić information content (AvgIpc) is 2.87. The van der Waals surface area contributed by atoms with Gasteiger partial charge in [-0.25, -0.2) is 0 Å². The molecule has 0 aliphatic carbocycles. The zero-order chi connectivity index (χ0) is 9.80. The van der Waals surface area contributed by atoms with Crippen molar-refractivity contribution in [1.82, 2.24) is 4.90 Å². The number of nitrogens with two attached hydrogens (primary N) is 1. The molecule has 1 aromatic rings. The van der Waals surface area contributed by atoms with Gasteiger partial charge in [0.2, 0.25) is 0 Å². The van der Waals surface area contributed by atoms with E-state index in [0.717, 1.165) is 6.42 Å². The summed E-state index contributed by atoms with van der Waals surface area (Å²) in [5.74, 6) is 0. The zero-order valence-corrected chi connectivity index (χ0v) is 11.8. The van der Waals surface area contributed by atoms with Crippen LogP contribution in [0.1, 0.15) is 30.2 Å². The van der Waals surface area contributed by atoms with Gasteiger partial charge in [0.05, 0.1) is 0 Å². The first kappa shape index (κ1) is 16.2. The predicted octanol–water partition coefficient (Wildman–Crippen LogP) is 3.08. The number of hydrogen-bond acceptors (Lipinski definition) is 3. The van der Waals surface area contributed by atoms with Gasteiger partial charge in [0.25, 0.3) is 0 Å². The third-order valence-corrected chi connectivity index (χ3v) is 3.87. The van der Waals surface area contributed by atoms with E-state index in [2.05, 4.69) is 22.4 Å². The van der Waals surface area contributed by atoms with Crippen molar-refractivity contribution in [2.24, 2.45) is 5.73 Å². The Morgan fingerprint density at radius 1 is 1.31 bits per heavy atom. The van der Waals surface area contributed by atoms with Crippen molar-refractivity contribution in [3.63, 3.8) is 0 Å². The highest BCUT2D eigenvalue weighted by Gasteiger charge is 2.13. The Labute approximate surface area is 114 Å². The van der Waals surface area contributed by atoms with Crippen molar-refractivity contribution in [2.75, 3.05) is 19.6 Å². The first-order valence-electron chi connectivity index (χ1n) is 5.37. The fourth-order valence-electron chi connectivity index (χ4n) is 1.97. The summed E-state index contributed by atoms with van der Waals surface area (Å²) in [6.45, 7) is 3.72. The second-order valence-electron chi connectivity index (χ2n) is 3.96. The van der Waals surface area contributed by atoms with Gasteiger partial charge < -0.3 is 10.6 Å². The van der Waals surface area contributed by atoms with E-state index in [1.807, 2.05) is 0 Å². The maximum Gasteiger partial charge on any atom is 0.0401 e. The highest BCUT2D eigenvalue weighted by Crippen LogP contribution is 2.20. The van der Waals surface area contributed by atoms with Crippen molar-refractivity contribution in [2.45, 2.75) is 25.3 Å². The van der Waals surface area contributed by atoms with Gasteiger partial charge in [-0.3, -0.25) is 0 Å². The lowest BCUT2D eigenvalue weighted by molar-refractivity contribution is 0.323. The van der Waals surface area contributed by atoms with Gasteiger partial charge in [-0.15, -0.1) is 36.2 Å². The maximum atomic E-state index is 6.10. The Morgan fingerprint density at radius 2 is 2.00 bits per heavy atom. The standard InChI is InChI=1S/C11H18N2S.2ClH/c12-10(11-4-3-9-14-11)5-8-13-6-1-2-7-13;;/h3-4,9-10H,1-2,5-8,12H2;2*1H. The molecule has 1 atom stereocenters. The fourth-order valence-corrected chi connectivity index (χ4v) is 2.74. The largest absolute Gasteiger partial charge is 0.323 e. The lowest BCUT2D eigenvalue weighted by Crippen LogP contribution is -2.24. The third-order valence-electron chi connectivity index (χ3n) is 2.86. The molecular weight excluding hydrogens is 263 g/mol. The number of likely N-dealkylation sites (tertiary alicyclic amines) is 1. The summed E-state index contributed by atoms with van der Waals surface area (Å²) < 4.78 is 0. The summed E-state index contributed by atoms with van der Waals surface area (Å²) in [4.78, 5) is 3.84. The van der Waals surface area contributed by atoms with Gasteiger partial charge in [-0.1, -0.05) is 6.07 Å². The van der Waals surface area contributed by atoms with Crippen LogP contribution < -0.4 is 5.73 Å². The van der Waals surface area contributed by atoms with Crippen LogP contribution in [0.15, 0.2) is 17.5 Å². The molecule has 16 heavy (non-hydrogen) atoms. The lowest BCUT2D eigenvalue weighted by Gasteiger charge is -2.17. The minimum absolute atomic E-state index is 0. The average molecular weight is 283 g/mol. The van der Waals surface area contributed by atoms with Gasteiger partial charge in [0, 0.05) is 10.9 Å². The van der Waals surface area contributed by atoms with E-state index in [0.29, 0.717) is 0 Å². The second kappa shape index (κ2) is 8.31. The topological polar surface area (TPSA) is 29.3 Å². The molecule has 5 heteroatoms. The number of rotatable bonds is 4. The summed E-state index contributed by atoms with van der Waals surface area (Å²) in [5, 5.41) is 2.10. The van der Waals surface area contributed by atoms with Crippen molar-refractivity contribution in [3.8, 4) is 0 Å². The Bertz CT molecular complexity index is 261. The number of nitrogens with zero attached hydrogens (tertiary/aromatic N) is 1. The molecule has 1 aromatic heterocycles. The van der Waals surface area contributed by atoms with Crippen LogP contribution in [0.4, 0.5) is 0 Å². The molecule has 0 amide bonds. The molecule has 94 valence electrons. The Balaban J connectivity index is 0.00000112. The van der Waals surface area contributed by atoms with Gasteiger partial charge in [-0.2, -0.15) is 0 Å². The molecule has 1 saturated heterocycles. The first-order chi connectivity index (χ1) is 6.86. The van der Waals surface area contributed by atoms with E-state index >= 15 is 0 Å². The zero-order valence-electron chi connectivity index (χ0n) is 9.30. The summed E-state index contributed by atoms with van der Waals surface area (Å²) in [5.41, 5.74) is 6.10. The van der Waals surface area contributed by atoms with E-state index in [1.165, 1.54) is 37.4 Å². The molecule has 1 aliphatic heterocycles. The molecule has 0 aromatic carbocycles. The van der Waals surface area contributed by atoms with E-state index in [1.54, 1.807) is 11.3 Å². The van der Waals surface area contributed by atoms with E-state index in [-0.39, 0.29) is 30.9 Å². The SMILES string of the molecule is Cl.Cl.NC(CCN1CCCC1)c1cccs1. The van der Waals surface area contributed by atoms with Crippen LogP contribution in [-0.4, -0.2) is 24.5 Å². The van der Waals surface area contributed by atoms with E-state index in [9.17, 15) is 0 Å². The fraction of sp³-hybridized carbons (Fsp3) is 0.636. The van der Waals surface area contributed by atoms with Crippen LogP contribution in [0.3, 0.4) is 0 Å². The normalized spacial score (nSPS) is 17.6. The van der Waals surface area contributed by atoms with Gasteiger partial charge in [-0.05, 0) is 50.3 Å². The van der Waals surface area contributed by atoms with Crippen LogP contribution in [0.25, 0.3) is 0 Å². The van der Waals surface area contributed by atoms with Crippen LogP contribution >= 0.6 is 36.2 Å². The first-order valence-corrected chi connectivity index (χ1v) is 6.25. The summed E-state index contributed by atoms with van der Waals surface area (Å²) >= 11 is 1.77. The molecule has 0 radical (unpaired) electrons. The number of thiophene rings is 1. The summed E-state index contributed by atoms with van der Waals surface area (Å²) in [6.07, 6.45) is 3.84.